The number of anilines is 1. The van der Waals surface area contributed by atoms with Gasteiger partial charge in [-0.15, -0.1) is 0 Å². The summed E-state index contributed by atoms with van der Waals surface area (Å²) < 4.78 is 0. The lowest BCUT2D eigenvalue weighted by molar-refractivity contribution is -0.163. The number of hydrogen-bond donors (Lipinski definition) is 4. The Balaban J connectivity index is 1.20. The van der Waals surface area contributed by atoms with Gasteiger partial charge >= 0.3 is 6.09 Å². The third-order valence-corrected chi connectivity index (χ3v) is 8.21. The van der Waals surface area contributed by atoms with Gasteiger partial charge in [0.05, 0.1) is 11.5 Å². The molecule has 168 valence electrons. The number of nitrogens with zero attached hydrogens (tertiary/aromatic N) is 1. The largest absolute Gasteiger partial charge is 0.465 e. The normalized spacial score (nSPS) is 36.3. The standard InChI is InChI=1S/C24H33N3O4/c28-21-17-8-16-9-18(21)12-24(10-16,11-17)22(29)26-19-2-1-7-27(14-19)20-5-3-15(4-6-20)13-25-23(30)31/h3-6,16-19,21,25,28H,1-2,7-14H2,(H,26,29)(H,30,31)/t16?,17?,18?,19-,21?,24?/m0/s1. The molecule has 3 atom stereocenters. The number of carboxylic acid groups (broad SMARTS) is 1. The zero-order chi connectivity index (χ0) is 21.6. The predicted molar refractivity (Wildman–Crippen MR) is 117 cm³/mol. The van der Waals surface area contributed by atoms with Gasteiger partial charge in [-0.3, -0.25) is 4.79 Å². The molecule has 2 unspecified atom stereocenters. The Bertz CT molecular complexity index is 826. The average Bonchev–Trinajstić information content (AvgIpc) is 2.76. The summed E-state index contributed by atoms with van der Waals surface area (Å²) >= 11 is 0. The minimum Gasteiger partial charge on any atom is -0.465 e. The highest BCUT2D eigenvalue weighted by molar-refractivity contribution is 5.83. The first-order valence-electron chi connectivity index (χ1n) is 11.7. The average molecular weight is 428 g/mol. The van der Waals surface area contributed by atoms with Gasteiger partial charge < -0.3 is 25.7 Å². The number of aliphatic hydroxyl groups is 1. The molecular formula is C24H33N3O4. The molecule has 4 aliphatic carbocycles. The summed E-state index contributed by atoms with van der Waals surface area (Å²) in [5, 5.41) is 25.0. The van der Waals surface area contributed by atoms with Crippen molar-refractivity contribution in [3.05, 3.63) is 29.8 Å². The van der Waals surface area contributed by atoms with Gasteiger partial charge in [-0.25, -0.2) is 4.79 Å². The molecule has 1 heterocycles. The molecule has 1 aromatic carbocycles. The van der Waals surface area contributed by atoms with E-state index in [2.05, 4.69) is 15.5 Å². The van der Waals surface area contributed by atoms with Gasteiger partial charge in [0.15, 0.2) is 0 Å². The van der Waals surface area contributed by atoms with Crippen molar-refractivity contribution in [1.29, 1.82) is 0 Å². The van der Waals surface area contributed by atoms with Crippen LogP contribution in [0.15, 0.2) is 24.3 Å². The van der Waals surface area contributed by atoms with Crippen LogP contribution in [-0.4, -0.2) is 47.4 Å². The van der Waals surface area contributed by atoms with Gasteiger partial charge in [0, 0.05) is 31.4 Å². The summed E-state index contributed by atoms with van der Waals surface area (Å²) in [7, 11) is 0. The number of amides is 2. The molecule has 7 heteroatoms. The second-order valence-corrected chi connectivity index (χ2v) is 10.3. The highest BCUT2D eigenvalue weighted by Crippen LogP contribution is 2.60. The zero-order valence-corrected chi connectivity index (χ0v) is 17.9. The monoisotopic (exact) mass is 427 g/mol. The van der Waals surface area contributed by atoms with E-state index in [1.165, 1.54) is 0 Å². The van der Waals surface area contributed by atoms with Gasteiger partial charge in [-0.05, 0) is 80.4 Å². The molecule has 6 rings (SSSR count). The van der Waals surface area contributed by atoms with E-state index in [9.17, 15) is 14.7 Å². The second kappa shape index (κ2) is 8.01. The van der Waals surface area contributed by atoms with Crippen molar-refractivity contribution in [2.75, 3.05) is 18.0 Å². The van der Waals surface area contributed by atoms with Crippen molar-refractivity contribution >= 4 is 17.7 Å². The van der Waals surface area contributed by atoms with Gasteiger partial charge in [0.25, 0.3) is 0 Å². The number of carbonyl (C=O) groups is 2. The summed E-state index contributed by atoms with van der Waals surface area (Å²) in [5.74, 6) is 1.47. The fourth-order valence-electron chi connectivity index (χ4n) is 6.95. The Hall–Kier alpha value is -2.28. The molecule has 31 heavy (non-hydrogen) atoms. The number of aliphatic hydroxyl groups excluding tert-OH is 1. The van der Waals surface area contributed by atoms with E-state index in [0.717, 1.165) is 69.3 Å². The van der Waals surface area contributed by atoms with Crippen molar-refractivity contribution in [3.63, 3.8) is 0 Å². The second-order valence-electron chi connectivity index (χ2n) is 10.3. The fourth-order valence-corrected chi connectivity index (χ4v) is 6.95. The van der Waals surface area contributed by atoms with Crippen LogP contribution in [0.5, 0.6) is 0 Å². The zero-order valence-electron chi connectivity index (χ0n) is 17.9. The molecule has 1 aromatic rings. The van der Waals surface area contributed by atoms with Crippen LogP contribution >= 0.6 is 0 Å². The predicted octanol–water partition coefficient (Wildman–Crippen LogP) is 2.73. The molecule has 4 N–H and O–H groups in total. The smallest absolute Gasteiger partial charge is 0.404 e. The van der Waals surface area contributed by atoms with Crippen LogP contribution in [0.2, 0.25) is 0 Å². The lowest BCUT2D eigenvalue weighted by atomic mass is 9.48. The molecule has 0 spiro atoms. The fraction of sp³-hybridized carbons (Fsp3) is 0.667. The van der Waals surface area contributed by atoms with E-state index in [-0.39, 0.29) is 23.5 Å². The highest BCUT2D eigenvalue weighted by Gasteiger charge is 2.58. The van der Waals surface area contributed by atoms with Crippen molar-refractivity contribution in [1.82, 2.24) is 10.6 Å². The Morgan fingerprint density at radius 1 is 1.10 bits per heavy atom. The molecule has 0 aromatic heterocycles. The van der Waals surface area contributed by atoms with E-state index in [4.69, 9.17) is 5.11 Å². The van der Waals surface area contributed by atoms with Crippen LogP contribution in [0.3, 0.4) is 0 Å². The molecule has 4 saturated carbocycles. The Kier molecular flexibility index (Phi) is 5.32. The van der Waals surface area contributed by atoms with Gasteiger partial charge in [-0.1, -0.05) is 12.1 Å². The number of rotatable bonds is 5. The topological polar surface area (TPSA) is 102 Å². The van der Waals surface area contributed by atoms with Crippen molar-refractivity contribution in [2.45, 2.75) is 63.6 Å². The van der Waals surface area contributed by atoms with E-state index < -0.39 is 6.09 Å². The Labute approximate surface area is 183 Å². The maximum absolute atomic E-state index is 13.4. The van der Waals surface area contributed by atoms with Gasteiger partial charge in [0.1, 0.15) is 0 Å². The third kappa shape index (κ3) is 4.00. The van der Waals surface area contributed by atoms with Crippen molar-refractivity contribution < 1.29 is 19.8 Å². The van der Waals surface area contributed by atoms with Crippen LogP contribution in [0.4, 0.5) is 10.5 Å². The number of hydrogen-bond acceptors (Lipinski definition) is 4. The molecule has 5 aliphatic rings. The van der Waals surface area contributed by atoms with Crippen LogP contribution in [0.25, 0.3) is 0 Å². The summed E-state index contributed by atoms with van der Waals surface area (Å²) in [6.45, 7) is 2.06. The quantitative estimate of drug-likeness (QED) is 0.579. The number of piperidine rings is 1. The Morgan fingerprint density at radius 2 is 1.81 bits per heavy atom. The molecule has 1 aliphatic heterocycles. The van der Waals surface area contributed by atoms with Crippen molar-refractivity contribution in [3.8, 4) is 0 Å². The molecule has 0 radical (unpaired) electrons. The van der Waals surface area contributed by atoms with Gasteiger partial charge in [0.2, 0.25) is 5.91 Å². The first-order chi connectivity index (χ1) is 14.9. The van der Waals surface area contributed by atoms with E-state index >= 15 is 0 Å². The lowest BCUT2D eigenvalue weighted by Crippen LogP contribution is -2.60. The maximum atomic E-state index is 13.4. The molecule has 5 fully saturated rings. The maximum Gasteiger partial charge on any atom is 0.404 e. The third-order valence-electron chi connectivity index (χ3n) is 8.21. The van der Waals surface area contributed by atoms with Crippen LogP contribution < -0.4 is 15.5 Å². The molecular weight excluding hydrogens is 394 g/mol. The number of nitrogens with one attached hydrogen (secondary N) is 2. The van der Waals surface area contributed by atoms with Crippen LogP contribution in [0, 0.1) is 23.2 Å². The minimum atomic E-state index is -1.02. The number of carbonyl (C=O) groups excluding carboxylic acids is 1. The summed E-state index contributed by atoms with van der Waals surface area (Å²) in [5.41, 5.74) is 1.78. The van der Waals surface area contributed by atoms with Crippen molar-refractivity contribution in [2.24, 2.45) is 23.2 Å². The van der Waals surface area contributed by atoms with Gasteiger partial charge in [-0.2, -0.15) is 0 Å². The molecule has 4 bridgehead atoms. The summed E-state index contributed by atoms with van der Waals surface area (Å²) in [6, 6.07) is 8.11. The lowest BCUT2D eigenvalue weighted by Gasteiger charge is -2.58. The highest BCUT2D eigenvalue weighted by atomic mass is 16.4. The first-order valence-corrected chi connectivity index (χ1v) is 11.7. The Morgan fingerprint density at radius 3 is 2.48 bits per heavy atom. The number of benzene rings is 1. The summed E-state index contributed by atoms with van der Waals surface area (Å²) in [6.07, 6.45) is 5.73. The molecule has 1 saturated heterocycles. The van der Waals surface area contributed by atoms with E-state index in [1.807, 2.05) is 24.3 Å². The summed E-state index contributed by atoms with van der Waals surface area (Å²) in [4.78, 5) is 26.4. The minimum absolute atomic E-state index is 0.146. The first kappa shape index (κ1) is 20.6. The molecule has 2 amide bonds. The molecule has 7 nitrogen and oxygen atoms in total. The SMILES string of the molecule is O=C(O)NCc1ccc(N2CCC[C@H](NC(=O)C34CC5CC(C3)C(O)C(C5)C4)C2)cc1. The van der Waals surface area contributed by atoms with E-state index in [1.54, 1.807) is 0 Å². The van der Waals surface area contributed by atoms with Crippen LogP contribution in [0.1, 0.15) is 50.5 Å². The van der Waals surface area contributed by atoms with E-state index in [0.29, 0.717) is 24.3 Å². The van der Waals surface area contributed by atoms with Crippen LogP contribution in [-0.2, 0) is 11.3 Å².